The van der Waals surface area contributed by atoms with Gasteiger partial charge in [0.15, 0.2) is 0 Å². The molecule has 0 saturated carbocycles. The van der Waals surface area contributed by atoms with Gasteiger partial charge in [0.2, 0.25) is 0 Å². The molecule has 17 heavy (non-hydrogen) atoms. The molecular weight excluding hydrogens is 257 g/mol. The van der Waals surface area contributed by atoms with Crippen LogP contribution in [0.4, 0.5) is 0 Å². The molecule has 0 saturated heterocycles. The first-order chi connectivity index (χ1) is 8.02. The Balaban J connectivity index is 2.70. The Morgan fingerprint density at radius 2 is 1.88 bits per heavy atom. The van der Waals surface area contributed by atoms with Gasteiger partial charge in [0.05, 0.1) is 6.07 Å². The molecule has 0 amide bonds. The van der Waals surface area contributed by atoms with E-state index in [9.17, 15) is 0 Å². The Kier molecular flexibility index (Phi) is 5.73. The summed E-state index contributed by atoms with van der Waals surface area (Å²) < 4.78 is 0. The summed E-state index contributed by atoms with van der Waals surface area (Å²) in [5.74, 6) is 0. The Hall–Kier alpha value is -0.790. The van der Waals surface area contributed by atoms with Crippen molar-refractivity contribution < 1.29 is 0 Å². The Bertz CT molecular complexity index is 392. The monoisotopic (exact) mass is 271 g/mol. The van der Waals surface area contributed by atoms with Crippen LogP contribution in [0.5, 0.6) is 0 Å². The van der Waals surface area contributed by atoms with Crippen LogP contribution in [0.2, 0.25) is 10.0 Å². The number of hydrogen-bond donors (Lipinski definition) is 1. The largest absolute Gasteiger partial charge is 0.308 e. The average molecular weight is 272 g/mol. The first kappa shape index (κ1) is 14.3. The van der Waals surface area contributed by atoms with Gasteiger partial charge in [-0.3, -0.25) is 5.32 Å². The minimum atomic E-state index is -0.383. The van der Waals surface area contributed by atoms with Crippen LogP contribution in [-0.4, -0.2) is 32.1 Å². The van der Waals surface area contributed by atoms with Gasteiger partial charge in [-0.1, -0.05) is 23.2 Å². The molecule has 1 aromatic carbocycles. The number of hydrogen-bond acceptors (Lipinski definition) is 3. The lowest BCUT2D eigenvalue weighted by molar-refractivity contribution is 0.395. The molecule has 0 aromatic heterocycles. The maximum Gasteiger partial charge on any atom is 0.121 e. The summed E-state index contributed by atoms with van der Waals surface area (Å²) in [6, 6.07) is 6.98. The summed E-state index contributed by atoms with van der Waals surface area (Å²) in [6.07, 6.45) is 0. The van der Waals surface area contributed by atoms with Gasteiger partial charge in [0.25, 0.3) is 0 Å². The van der Waals surface area contributed by atoms with E-state index in [2.05, 4.69) is 11.4 Å². The van der Waals surface area contributed by atoms with Gasteiger partial charge in [-0.05, 0) is 37.9 Å². The second kappa shape index (κ2) is 6.83. The third-order valence-corrected chi connectivity index (χ3v) is 2.69. The van der Waals surface area contributed by atoms with Crippen molar-refractivity contribution in [3.05, 3.63) is 33.8 Å². The highest BCUT2D eigenvalue weighted by molar-refractivity contribution is 6.34. The standard InChI is InChI=1S/C12H15Cl2N3/c1-17(2)4-3-16-12(8-15)9-5-10(13)7-11(14)6-9/h5-7,12,16H,3-4H2,1-2H3. The SMILES string of the molecule is CN(C)CCNC(C#N)c1cc(Cl)cc(Cl)c1. The highest BCUT2D eigenvalue weighted by Crippen LogP contribution is 2.23. The van der Waals surface area contributed by atoms with E-state index in [0.717, 1.165) is 18.7 Å². The second-order valence-electron chi connectivity index (χ2n) is 4.02. The lowest BCUT2D eigenvalue weighted by atomic mass is 10.1. The zero-order valence-corrected chi connectivity index (χ0v) is 11.4. The summed E-state index contributed by atoms with van der Waals surface area (Å²) >= 11 is 11.8. The predicted octanol–water partition coefficient (Wildman–Crippen LogP) is 2.71. The van der Waals surface area contributed by atoms with E-state index in [1.165, 1.54) is 0 Å². The quantitative estimate of drug-likeness (QED) is 0.895. The topological polar surface area (TPSA) is 39.1 Å². The number of nitrogens with one attached hydrogen (secondary N) is 1. The summed E-state index contributed by atoms with van der Waals surface area (Å²) in [5.41, 5.74) is 0.795. The molecule has 0 spiro atoms. The van der Waals surface area contributed by atoms with Crippen LogP contribution in [-0.2, 0) is 0 Å². The van der Waals surface area contributed by atoms with Gasteiger partial charge in [-0.2, -0.15) is 5.26 Å². The van der Waals surface area contributed by atoms with E-state index in [0.29, 0.717) is 10.0 Å². The average Bonchev–Trinajstić information content (AvgIpc) is 2.22. The fourth-order valence-corrected chi connectivity index (χ4v) is 1.96. The number of nitrogens with zero attached hydrogens (tertiary/aromatic N) is 2. The van der Waals surface area contributed by atoms with E-state index in [1.54, 1.807) is 18.2 Å². The summed E-state index contributed by atoms with van der Waals surface area (Å²) in [4.78, 5) is 2.05. The lowest BCUT2D eigenvalue weighted by Crippen LogP contribution is -2.29. The van der Waals surface area contributed by atoms with Crippen LogP contribution in [0.1, 0.15) is 11.6 Å². The number of nitriles is 1. The molecular formula is C12H15Cl2N3. The molecule has 0 fully saturated rings. The minimum Gasteiger partial charge on any atom is -0.308 e. The van der Waals surface area contributed by atoms with Gasteiger partial charge in [-0.15, -0.1) is 0 Å². The summed E-state index contributed by atoms with van der Waals surface area (Å²) in [6.45, 7) is 1.60. The van der Waals surface area contributed by atoms with Crippen molar-refractivity contribution in [2.75, 3.05) is 27.2 Å². The third kappa shape index (κ3) is 4.93. The van der Waals surface area contributed by atoms with Crippen molar-refractivity contribution in [3.63, 3.8) is 0 Å². The molecule has 5 heteroatoms. The number of likely N-dealkylation sites (N-methyl/N-ethyl adjacent to an activating group) is 1. The molecule has 0 heterocycles. The molecule has 0 bridgehead atoms. The maximum absolute atomic E-state index is 9.11. The molecule has 0 aliphatic carbocycles. The van der Waals surface area contributed by atoms with E-state index < -0.39 is 0 Å². The van der Waals surface area contributed by atoms with Gasteiger partial charge in [0.1, 0.15) is 6.04 Å². The highest BCUT2D eigenvalue weighted by Gasteiger charge is 2.11. The van der Waals surface area contributed by atoms with Crippen LogP contribution >= 0.6 is 23.2 Å². The molecule has 0 aliphatic rings. The predicted molar refractivity (Wildman–Crippen MR) is 71.4 cm³/mol. The van der Waals surface area contributed by atoms with Gasteiger partial charge < -0.3 is 4.90 Å². The van der Waals surface area contributed by atoms with Crippen molar-refractivity contribution in [1.29, 1.82) is 5.26 Å². The minimum absolute atomic E-state index is 0.383. The molecule has 1 aromatic rings. The molecule has 92 valence electrons. The van der Waals surface area contributed by atoms with Crippen molar-refractivity contribution in [1.82, 2.24) is 10.2 Å². The van der Waals surface area contributed by atoms with Crippen molar-refractivity contribution in [3.8, 4) is 6.07 Å². The fraction of sp³-hybridized carbons (Fsp3) is 0.417. The van der Waals surface area contributed by atoms with E-state index in [4.69, 9.17) is 28.5 Å². The molecule has 1 unspecified atom stereocenters. The third-order valence-electron chi connectivity index (χ3n) is 2.25. The molecule has 0 aliphatic heterocycles. The summed E-state index contributed by atoms with van der Waals surface area (Å²) in [7, 11) is 3.97. The summed E-state index contributed by atoms with van der Waals surface area (Å²) in [5, 5.41) is 13.4. The van der Waals surface area contributed by atoms with E-state index in [-0.39, 0.29) is 6.04 Å². The van der Waals surface area contributed by atoms with Crippen LogP contribution in [0.25, 0.3) is 0 Å². The van der Waals surface area contributed by atoms with Crippen molar-refractivity contribution >= 4 is 23.2 Å². The van der Waals surface area contributed by atoms with Crippen molar-refractivity contribution in [2.45, 2.75) is 6.04 Å². The smallest absolute Gasteiger partial charge is 0.121 e. The van der Waals surface area contributed by atoms with E-state index >= 15 is 0 Å². The van der Waals surface area contributed by atoms with E-state index in [1.807, 2.05) is 19.0 Å². The first-order valence-electron chi connectivity index (χ1n) is 5.26. The molecule has 1 rings (SSSR count). The molecule has 1 N–H and O–H groups in total. The zero-order valence-electron chi connectivity index (χ0n) is 9.87. The van der Waals surface area contributed by atoms with Crippen LogP contribution in [0, 0.1) is 11.3 Å². The Labute approximate surface area is 112 Å². The Morgan fingerprint density at radius 3 is 2.35 bits per heavy atom. The number of halogens is 2. The highest BCUT2D eigenvalue weighted by atomic mass is 35.5. The van der Waals surface area contributed by atoms with Crippen LogP contribution in [0.3, 0.4) is 0 Å². The number of benzene rings is 1. The lowest BCUT2D eigenvalue weighted by Gasteiger charge is -2.15. The van der Waals surface area contributed by atoms with Gasteiger partial charge in [0, 0.05) is 23.1 Å². The van der Waals surface area contributed by atoms with Crippen LogP contribution < -0.4 is 5.32 Å². The normalized spacial score (nSPS) is 12.5. The van der Waals surface area contributed by atoms with Crippen molar-refractivity contribution in [2.24, 2.45) is 0 Å². The second-order valence-corrected chi connectivity index (χ2v) is 4.90. The van der Waals surface area contributed by atoms with Crippen LogP contribution in [0.15, 0.2) is 18.2 Å². The van der Waals surface area contributed by atoms with Gasteiger partial charge >= 0.3 is 0 Å². The first-order valence-corrected chi connectivity index (χ1v) is 6.02. The van der Waals surface area contributed by atoms with Gasteiger partial charge in [-0.25, -0.2) is 0 Å². The zero-order chi connectivity index (χ0) is 12.8. The Morgan fingerprint density at radius 1 is 1.29 bits per heavy atom. The number of rotatable bonds is 5. The fourth-order valence-electron chi connectivity index (χ4n) is 1.41. The maximum atomic E-state index is 9.11. The molecule has 1 atom stereocenters. The molecule has 0 radical (unpaired) electrons. The molecule has 3 nitrogen and oxygen atoms in total.